The molecule has 0 nitrogen and oxygen atoms in total. The van der Waals surface area contributed by atoms with E-state index in [1.165, 1.54) is 16.3 Å². The molecule has 0 atom stereocenters. The molecule has 0 fully saturated rings. The third-order valence-corrected chi connectivity index (χ3v) is 1.82. The van der Waals surface area contributed by atoms with Gasteiger partial charge in [0, 0.05) is 32.7 Å². The predicted octanol–water partition coefficient (Wildman–Crippen LogP) is 2.95. The van der Waals surface area contributed by atoms with Crippen molar-refractivity contribution in [1.29, 1.82) is 0 Å². The van der Waals surface area contributed by atoms with Crippen LogP contribution in [0.2, 0.25) is 0 Å². The quantitative estimate of drug-likeness (QED) is 0.610. The first-order valence-electron chi connectivity index (χ1n) is 3.73. The van der Waals surface area contributed by atoms with Crippen molar-refractivity contribution < 1.29 is 32.7 Å². The van der Waals surface area contributed by atoms with Gasteiger partial charge in [-0.1, -0.05) is 25.1 Å². The SMILES string of the molecule is Cc1[c-]cc2ccccc2c1.[Y]. The summed E-state index contributed by atoms with van der Waals surface area (Å²) < 4.78 is 0. The second kappa shape index (κ2) is 4.16. The van der Waals surface area contributed by atoms with Crippen LogP contribution in [0.15, 0.2) is 36.4 Å². The van der Waals surface area contributed by atoms with Gasteiger partial charge < -0.3 is 0 Å². The average Bonchev–Trinajstić information content (AvgIpc) is 2.04. The first-order chi connectivity index (χ1) is 5.36. The van der Waals surface area contributed by atoms with Crippen molar-refractivity contribution in [2.24, 2.45) is 0 Å². The minimum atomic E-state index is 0. The Labute approximate surface area is 97.9 Å². The molecule has 2 aromatic rings. The summed E-state index contributed by atoms with van der Waals surface area (Å²) in [5, 5.41) is 2.56. The molecule has 0 spiro atoms. The molecule has 0 aliphatic rings. The van der Waals surface area contributed by atoms with Crippen LogP contribution in [0.4, 0.5) is 0 Å². The molecule has 0 unspecified atom stereocenters. The van der Waals surface area contributed by atoms with Crippen molar-refractivity contribution in [3.63, 3.8) is 0 Å². The molecule has 0 aliphatic carbocycles. The smallest absolute Gasteiger partial charge is 0 e. The van der Waals surface area contributed by atoms with E-state index in [0.29, 0.717) is 0 Å². The molecule has 1 heteroatoms. The molecule has 0 bridgehead atoms. The largest absolute Gasteiger partial charge is 0.180 e. The van der Waals surface area contributed by atoms with E-state index < -0.39 is 0 Å². The molecular weight excluding hydrogens is 221 g/mol. The van der Waals surface area contributed by atoms with Crippen molar-refractivity contribution in [3.8, 4) is 0 Å². The van der Waals surface area contributed by atoms with Crippen LogP contribution in [0.3, 0.4) is 0 Å². The monoisotopic (exact) mass is 230 g/mol. The third-order valence-electron chi connectivity index (χ3n) is 1.82. The van der Waals surface area contributed by atoms with E-state index in [0.717, 1.165) is 0 Å². The van der Waals surface area contributed by atoms with Gasteiger partial charge in [0.25, 0.3) is 0 Å². The first-order valence-corrected chi connectivity index (χ1v) is 3.73. The van der Waals surface area contributed by atoms with E-state index in [-0.39, 0.29) is 32.7 Å². The molecule has 0 saturated heterocycles. The summed E-state index contributed by atoms with van der Waals surface area (Å²) in [4.78, 5) is 0. The number of hydrogen-bond donors (Lipinski definition) is 0. The van der Waals surface area contributed by atoms with Crippen molar-refractivity contribution in [2.45, 2.75) is 6.92 Å². The van der Waals surface area contributed by atoms with Gasteiger partial charge in [-0.2, -0.15) is 23.8 Å². The maximum Gasteiger partial charge on any atom is 0 e. The maximum atomic E-state index is 3.17. The van der Waals surface area contributed by atoms with Crippen LogP contribution in [0, 0.1) is 13.0 Å². The standard InChI is InChI=1S/C11H9.Y/c1-9-6-7-10-4-2-3-5-11(10)8-9;/h2-5,7-8H,1H3;/q-1;. The molecule has 0 heterocycles. The Bertz CT molecular complexity index is 379. The fraction of sp³-hybridized carbons (Fsp3) is 0.0909. The van der Waals surface area contributed by atoms with Gasteiger partial charge in [0.15, 0.2) is 0 Å². The van der Waals surface area contributed by atoms with E-state index in [2.05, 4.69) is 37.3 Å². The van der Waals surface area contributed by atoms with Gasteiger partial charge in [-0.15, -0.1) is 16.8 Å². The average molecular weight is 230 g/mol. The second-order valence-corrected chi connectivity index (χ2v) is 2.74. The predicted molar refractivity (Wildman–Crippen MR) is 47.5 cm³/mol. The van der Waals surface area contributed by atoms with Gasteiger partial charge >= 0.3 is 0 Å². The minimum absolute atomic E-state index is 0. The van der Waals surface area contributed by atoms with E-state index in [4.69, 9.17) is 0 Å². The minimum Gasteiger partial charge on any atom is -0.180 e. The maximum absolute atomic E-state index is 3.17. The van der Waals surface area contributed by atoms with Gasteiger partial charge in [0.05, 0.1) is 0 Å². The van der Waals surface area contributed by atoms with Crippen molar-refractivity contribution in [1.82, 2.24) is 0 Å². The zero-order valence-electron chi connectivity index (χ0n) is 7.04. The van der Waals surface area contributed by atoms with E-state index in [9.17, 15) is 0 Å². The van der Waals surface area contributed by atoms with Gasteiger partial charge in [0.2, 0.25) is 0 Å². The van der Waals surface area contributed by atoms with Crippen LogP contribution >= 0.6 is 0 Å². The molecule has 2 aromatic carbocycles. The zero-order chi connectivity index (χ0) is 7.68. The van der Waals surface area contributed by atoms with Crippen molar-refractivity contribution in [2.75, 3.05) is 0 Å². The summed E-state index contributed by atoms with van der Waals surface area (Å²) in [6, 6.07) is 15.7. The second-order valence-electron chi connectivity index (χ2n) is 2.74. The molecule has 0 saturated carbocycles. The van der Waals surface area contributed by atoms with Crippen molar-refractivity contribution in [3.05, 3.63) is 48.0 Å². The van der Waals surface area contributed by atoms with E-state index in [1.54, 1.807) is 0 Å². The molecule has 2 rings (SSSR count). The van der Waals surface area contributed by atoms with Crippen LogP contribution < -0.4 is 0 Å². The molecule has 12 heavy (non-hydrogen) atoms. The van der Waals surface area contributed by atoms with Crippen LogP contribution in [-0.4, -0.2) is 0 Å². The number of aryl methyl sites for hydroxylation is 1. The summed E-state index contributed by atoms with van der Waals surface area (Å²) in [5.41, 5.74) is 1.20. The fourth-order valence-corrected chi connectivity index (χ4v) is 1.24. The zero-order valence-corrected chi connectivity index (χ0v) is 9.88. The molecular formula is C11H9Y-. The molecule has 0 aromatic heterocycles. The normalized spacial score (nSPS) is 9.42. The number of hydrogen-bond acceptors (Lipinski definition) is 0. The summed E-state index contributed by atoms with van der Waals surface area (Å²) >= 11 is 0. The summed E-state index contributed by atoms with van der Waals surface area (Å²) in [7, 11) is 0. The Balaban J connectivity index is 0.000000720. The Morgan fingerprint density at radius 1 is 1.08 bits per heavy atom. The topological polar surface area (TPSA) is 0 Å². The van der Waals surface area contributed by atoms with Gasteiger partial charge in [0.1, 0.15) is 0 Å². The Kier molecular flexibility index (Phi) is 3.43. The number of benzene rings is 2. The molecule has 57 valence electrons. The Hall–Kier alpha value is -0.196. The molecule has 1 radical (unpaired) electrons. The van der Waals surface area contributed by atoms with Crippen LogP contribution in [0.5, 0.6) is 0 Å². The number of fused-ring (bicyclic) bond motifs is 1. The van der Waals surface area contributed by atoms with Gasteiger partial charge in [-0.05, 0) is 0 Å². The van der Waals surface area contributed by atoms with Gasteiger partial charge in [-0.3, -0.25) is 0 Å². The van der Waals surface area contributed by atoms with E-state index >= 15 is 0 Å². The molecule has 0 amide bonds. The first kappa shape index (κ1) is 9.89. The summed E-state index contributed by atoms with van der Waals surface area (Å²) in [5.74, 6) is 0. The number of rotatable bonds is 0. The summed E-state index contributed by atoms with van der Waals surface area (Å²) in [6.45, 7) is 2.06. The van der Waals surface area contributed by atoms with Crippen LogP contribution in [0.25, 0.3) is 10.8 Å². The molecule has 0 aliphatic heterocycles. The molecule has 0 N–H and O–H groups in total. The third kappa shape index (κ3) is 1.94. The fourth-order valence-electron chi connectivity index (χ4n) is 1.24. The Morgan fingerprint density at radius 3 is 2.50 bits per heavy atom. The van der Waals surface area contributed by atoms with Crippen molar-refractivity contribution >= 4 is 10.8 Å². The Morgan fingerprint density at radius 2 is 1.75 bits per heavy atom. The summed E-state index contributed by atoms with van der Waals surface area (Å²) in [6.07, 6.45) is 0. The van der Waals surface area contributed by atoms with Crippen LogP contribution in [0.1, 0.15) is 5.56 Å². The van der Waals surface area contributed by atoms with Crippen LogP contribution in [-0.2, 0) is 32.7 Å². The van der Waals surface area contributed by atoms with E-state index in [1.807, 2.05) is 12.1 Å². The van der Waals surface area contributed by atoms with Gasteiger partial charge in [-0.25, -0.2) is 0 Å².